The van der Waals surface area contributed by atoms with E-state index in [-0.39, 0.29) is 36.8 Å². The predicted octanol–water partition coefficient (Wildman–Crippen LogP) is 1.43. The van der Waals surface area contributed by atoms with Gasteiger partial charge in [0.05, 0.1) is 16.8 Å². The molecule has 0 atom stereocenters. The van der Waals surface area contributed by atoms with Crippen molar-refractivity contribution in [2.45, 2.75) is 11.8 Å². The van der Waals surface area contributed by atoms with Gasteiger partial charge in [0.1, 0.15) is 12.4 Å². The van der Waals surface area contributed by atoms with Crippen LogP contribution in [0.1, 0.15) is 5.56 Å². The molecule has 0 unspecified atom stereocenters. The number of nitrogens with zero attached hydrogens (tertiary/aromatic N) is 3. The number of sulfonamides is 2. The van der Waals surface area contributed by atoms with Crippen LogP contribution < -0.4 is 4.31 Å². The average Bonchev–Trinajstić information content (AvgIpc) is 2.72. The molecule has 11 heteroatoms. The van der Waals surface area contributed by atoms with E-state index in [1.165, 1.54) is 21.3 Å². The number of rotatable bonds is 6. The van der Waals surface area contributed by atoms with Gasteiger partial charge >= 0.3 is 0 Å². The van der Waals surface area contributed by atoms with Gasteiger partial charge in [0.2, 0.25) is 26.0 Å². The Morgan fingerprint density at radius 2 is 1.48 bits per heavy atom. The van der Waals surface area contributed by atoms with E-state index < -0.39 is 38.3 Å². The van der Waals surface area contributed by atoms with Gasteiger partial charge in [-0.25, -0.2) is 21.2 Å². The molecule has 0 aromatic heterocycles. The van der Waals surface area contributed by atoms with Gasteiger partial charge in [0, 0.05) is 26.2 Å². The Morgan fingerprint density at radius 3 is 2.00 bits per heavy atom. The molecule has 31 heavy (non-hydrogen) atoms. The number of aryl methyl sites for hydroxylation is 1. The lowest BCUT2D eigenvalue weighted by atomic mass is 10.2. The summed E-state index contributed by atoms with van der Waals surface area (Å²) in [7, 11) is -7.45. The van der Waals surface area contributed by atoms with Crippen molar-refractivity contribution in [3.63, 3.8) is 0 Å². The SMILES string of the molecule is Cc1ccc(S(=O)(=O)N2CCN(C(=O)CN(c3ccc(F)cc3)S(C)(=O)=O)CC2)cc1. The first-order valence-electron chi connectivity index (χ1n) is 9.56. The molecule has 1 fully saturated rings. The third-order valence-corrected chi connectivity index (χ3v) is 8.10. The summed E-state index contributed by atoms with van der Waals surface area (Å²) in [5, 5.41) is 0. The maximum Gasteiger partial charge on any atom is 0.243 e. The average molecular weight is 470 g/mol. The summed E-state index contributed by atoms with van der Waals surface area (Å²) in [6.45, 7) is 1.92. The van der Waals surface area contributed by atoms with Crippen LogP contribution in [0.25, 0.3) is 0 Å². The van der Waals surface area contributed by atoms with Gasteiger partial charge in [-0.1, -0.05) is 17.7 Å². The van der Waals surface area contributed by atoms with Gasteiger partial charge in [-0.3, -0.25) is 9.10 Å². The maximum absolute atomic E-state index is 13.2. The van der Waals surface area contributed by atoms with Crippen molar-refractivity contribution in [1.82, 2.24) is 9.21 Å². The summed E-state index contributed by atoms with van der Waals surface area (Å²) in [4.78, 5) is 14.4. The monoisotopic (exact) mass is 469 g/mol. The van der Waals surface area contributed by atoms with E-state index in [2.05, 4.69) is 0 Å². The molecule has 0 saturated carbocycles. The number of halogens is 1. The number of benzene rings is 2. The summed E-state index contributed by atoms with van der Waals surface area (Å²) < 4.78 is 65.3. The highest BCUT2D eigenvalue weighted by Crippen LogP contribution is 2.20. The Balaban J connectivity index is 1.67. The van der Waals surface area contributed by atoms with Crippen molar-refractivity contribution in [1.29, 1.82) is 0 Å². The predicted molar refractivity (Wildman–Crippen MR) is 115 cm³/mol. The fourth-order valence-electron chi connectivity index (χ4n) is 3.27. The molecule has 168 valence electrons. The molecule has 0 radical (unpaired) electrons. The van der Waals surface area contributed by atoms with E-state index in [0.717, 1.165) is 28.3 Å². The van der Waals surface area contributed by atoms with E-state index in [0.29, 0.717) is 0 Å². The summed E-state index contributed by atoms with van der Waals surface area (Å²) in [6.07, 6.45) is 0.968. The van der Waals surface area contributed by atoms with Gasteiger partial charge in [-0.15, -0.1) is 0 Å². The molecular formula is C20H24FN3O5S2. The van der Waals surface area contributed by atoms with Crippen molar-refractivity contribution in [2.24, 2.45) is 0 Å². The molecular weight excluding hydrogens is 445 g/mol. The fraction of sp³-hybridized carbons (Fsp3) is 0.350. The molecule has 1 amide bonds. The van der Waals surface area contributed by atoms with Gasteiger partial charge < -0.3 is 4.90 Å². The molecule has 2 aromatic rings. The van der Waals surface area contributed by atoms with Crippen molar-refractivity contribution in [2.75, 3.05) is 43.3 Å². The Labute approximate surface area is 182 Å². The number of carbonyl (C=O) groups is 1. The molecule has 3 rings (SSSR count). The lowest BCUT2D eigenvalue weighted by Gasteiger charge is -2.35. The molecule has 0 N–H and O–H groups in total. The standard InChI is InChI=1S/C20H24FN3O5S2/c1-16-3-9-19(10-4-16)31(28,29)23-13-11-22(12-14-23)20(25)15-24(30(2,26)27)18-7-5-17(21)6-8-18/h3-10H,11-15H2,1-2H3. The second-order valence-electron chi connectivity index (χ2n) is 7.34. The number of amides is 1. The quantitative estimate of drug-likeness (QED) is 0.638. The smallest absolute Gasteiger partial charge is 0.243 e. The summed E-state index contributed by atoms with van der Waals surface area (Å²) in [6, 6.07) is 11.4. The maximum atomic E-state index is 13.2. The van der Waals surface area contributed by atoms with Crippen LogP contribution in [-0.4, -0.2) is 70.9 Å². The zero-order chi connectivity index (χ0) is 22.8. The minimum absolute atomic E-state index is 0.109. The zero-order valence-electron chi connectivity index (χ0n) is 17.2. The molecule has 0 bridgehead atoms. The molecule has 1 heterocycles. The van der Waals surface area contributed by atoms with Gasteiger partial charge in [0.15, 0.2) is 0 Å². The van der Waals surface area contributed by atoms with E-state index >= 15 is 0 Å². The van der Waals surface area contributed by atoms with Gasteiger partial charge in [-0.2, -0.15) is 4.31 Å². The highest BCUT2D eigenvalue weighted by atomic mass is 32.2. The van der Waals surface area contributed by atoms with Gasteiger partial charge in [-0.05, 0) is 43.3 Å². The molecule has 1 saturated heterocycles. The van der Waals surface area contributed by atoms with E-state index in [1.807, 2.05) is 6.92 Å². The number of hydrogen-bond donors (Lipinski definition) is 0. The van der Waals surface area contributed by atoms with Crippen LogP contribution in [-0.2, 0) is 24.8 Å². The van der Waals surface area contributed by atoms with Crippen molar-refractivity contribution < 1.29 is 26.0 Å². The highest BCUT2D eigenvalue weighted by molar-refractivity contribution is 7.92. The second kappa shape index (κ2) is 8.93. The summed E-state index contributed by atoms with van der Waals surface area (Å²) >= 11 is 0. The Hall–Kier alpha value is -2.50. The topological polar surface area (TPSA) is 95.1 Å². The molecule has 8 nitrogen and oxygen atoms in total. The van der Waals surface area contributed by atoms with Crippen LogP contribution in [0.15, 0.2) is 53.4 Å². The summed E-state index contributed by atoms with van der Waals surface area (Å²) in [5.41, 5.74) is 1.13. The largest absolute Gasteiger partial charge is 0.338 e. The Morgan fingerprint density at radius 1 is 0.935 bits per heavy atom. The van der Waals surface area contributed by atoms with Crippen LogP contribution in [0.4, 0.5) is 10.1 Å². The van der Waals surface area contributed by atoms with Crippen molar-refractivity contribution in [3.8, 4) is 0 Å². The number of carbonyl (C=O) groups excluding carboxylic acids is 1. The number of piperazine rings is 1. The molecule has 0 spiro atoms. The first-order chi connectivity index (χ1) is 14.5. The first-order valence-corrected chi connectivity index (χ1v) is 12.9. The lowest BCUT2D eigenvalue weighted by Crippen LogP contribution is -2.53. The van der Waals surface area contributed by atoms with Gasteiger partial charge in [0.25, 0.3) is 0 Å². The second-order valence-corrected chi connectivity index (χ2v) is 11.2. The van der Waals surface area contributed by atoms with Crippen molar-refractivity contribution >= 4 is 31.6 Å². The van der Waals surface area contributed by atoms with Crippen LogP contribution in [0.2, 0.25) is 0 Å². The lowest BCUT2D eigenvalue weighted by molar-refractivity contribution is -0.130. The minimum atomic E-state index is -3.78. The van der Waals surface area contributed by atoms with Crippen LogP contribution in [0.5, 0.6) is 0 Å². The van der Waals surface area contributed by atoms with Crippen LogP contribution in [0.3, 0.4) is 0 Å². The Kier molecular flexibility index (Phi) is 6.68. The number of anilines is 1. The van der Waals surface area contributed by atoms with E-state index in [9.17, 15) is 26.0 Å². The van der Waals surface area contributed by atoms with E-state index in [4.69, 9.17) is 0 Å². The molecule has 0 aliphatic carbocycles. The third kappa shape index (κ3) is 5.41. The molecule has 1 aliphatic heterocycles. The van der Waals surface area contributed by atoms with E-state index in [1.54, 1.807) is 24.3 Å². The third-order valence-electron chi connectivity index (χ3n) is 5.04. The molecule has 2 aromatic carbocycles. The normalized spacial score (nSPS) is 15.6. The van der Waals surface area contributed by atoms with Crippen LogP contribution >= 0.6 is 0 Å². The first kappa shape index (κ1) is 23.2. The molecule has 1 aliphatic rings. The van der Waals surface area contributed by atoms with Crippen molar-refractivity contribution in [3.05, 3.63) is 59.9 Å². The Bertz CT molecular complexity index is 1140. The van der Waals surface area contributed by atoms with Crippen LogP contribution in [0, 0.1) is 12.7 Å². The minimum Gasteiger partial charge on any atom is -0.338 e. The highest BCUT2D eigenvalue weighted by Gasteiger charge is 2.31. The summed E-state index contributed by atoms with van der Waals surface area (Å²) in [5.74, 6) is -0.975. The number of hydrogen-bond acceptors (Lipinski definition) is 5. The fourth-order valence-corrected chi connectivity index (χ4v) is 5.54. The zero-order valence-corrected chi connectivity index (χ0v) is 18.9.